The van der Waals surface area contributed by atoms with Crippen LogP contribution in [0.15, 0.2) is 65.0 Å². The Kier molecular flexibility index (Phi) is 5.52. The Bertz CT molecular complexity index is 1580. The number of amides is 1. The highest BCUT2D eigenvalue weighted by Gasteiger charge is 2.30. The summed E-state index contributed by atoms with van der Waals surface area (Å²) in [4.78, 5) is 22.4. The minimum atomic E-state index is 0.0893. The molecule has 7 rings (SSSR count). The second kappa shape index (κ2) is 9.02. The molecular formula is C26H25N7OS2. The van der Waals surface area contributed by atoms with Gasteiger partial charge in [-0.15, -0.1) is 0 Å². The first kappa shape index (κ1) is 22.0. The van der Waals surface area contributed by atoms with Crippen molar-refractivity contribution in [3.8, 4) is 11.1 Å². The number of aromatic nitrogens is 5. The van der Waals surface area contributed by atoms with E-state index in [2.05, 4.69) is 71.4 Å². The van der Waals surface area contributed by atoms with Crippen LogP contribution < -0.4 is 10.6 Å². The normalized spacial score (nSPS) is 16.7. The topological polar surface area (TPSA) is 89.1 Å². The van der Waals surface area contributed by atoms with E-state index in [1.54, 1.807) is 11.8 Å². The summed E-state index contributed by atoms with van der Waals surface area (Å²) in [5, 5.41) is 12.8. The Morgan fingerprint density at radius 1 is 1.06 bits per heavy atom. The molecule has 8 nitrogen and oxygen atoms in total. The highest BCUT2D eigenvalue weighted by atomic mass is 32.2. The number of carbonyl (C=O) groups excluding carboxylic acids is 1. The summed E-state index contributed by atoms with van der Waals surface area (Å²) in [6, 6.07) is 10.9. The Morgan fingerprint density at radius 2 is 1.94 bits per heavy atom. The van der Waals surface area contributed by atoms with E-state index >= 15 is 0 Å². The molecule has 0 unspecified atom stereocenters. The Morgan fingerprint density at radius 3 is 2.81 bits per heavy atom. The van der Waals surface area contributed by atoms with Crippen LogP contribution in [0.1, 0.15) is 31.7 Å². The van der Waals surface area contributed by atoms with Gasteiger partial charge in [-0.1, -0.05) is 23.1 Å². The molecule has 5 aromatic rings. The number of nitrogens with one attached hydrogen (secondary N) is 2. The van der Waals surface area contributed by atoms with Crippen LogP contribution in [-0.2, 0) is 4.79 Å². The highest BCUT2D eigenvalue weighted by Crippen LogP contribution is 2.36. The van der Waals surface area contributed by atoms with Crippen LogP contribution in [0, 0.1) is 5.92 Å². The molecule has 0 bridgehead atoms. The maximum Gasteiger partial charge on any atom is 0.229 e. The SMILES string of the molecule is O=C(Nc1nc2ccc(Sc3cnc4ccc(-c5cnn(C6CCNCC6)c5)cn34)cc2s1)C1CC1. The average molecular weight is 516 g/mol. The van der Waals surface area contributed by atoms with Gasteiger partial charge in [0.05, 0.1) is 28.7 Å². The van der Waals surface area contributed by atoms with Crippen molar-refractivity contribution >= 4 is 50.0 Å². The van der Waals surface area contributed by atoms with E-state index in [4.69, 9.17) is 0 Å². The van der Waals surface area contributed by atoms with E-state index < -0.39 is 0 Å². The molecule has 10 heteroatoms. The molecule has 2 fully saturated rings. The van der Waals surface area contributed by atoms with Crippen LogP contribution in [0.4, 0.5) is 5.13 Å². The molecule has 0 atom stereocenters. The molecule has 0 radical (unpaired) electrons. The molecule has 182 valence electrons. The van der Waals surface area contributed by atoms with E-state index in [-0.39, 0.29) is 11.8 Å². The molecule has 0 spiro atoms. The zero-order valence-electron chi connectivity index (χ0n) is 19.6. The first-order chi connectivity index (χ1) is 17.7. The van der Waals surface area contributed by atoms with Crippen molar-refractivity contribution < 1.29 is 4.79 Å². The number of thiazole rings is 1. The lowest BCUT2D eigenvalue weighted by molar-refractivity contribution is -0.117. The molecule has 1 aliphatic carbocycles. The van der Waals surface area contributed by atoms with Crippen molar-refractivity contribution in [1.82, 2.24) is 29.5 Å². The summed E-state index contributed by atoms with van der Waals surface area (Å²) < 4.78 is 5.32. The van der Waals surface area contributed by atoms with Crippen LogP contribution in [0.25, 0.3) is 27.0 Å². The van der Waals surface area contributed by atoms with Gasteiger partial charge in [-0.05, 0) is 69.1 Å². The molecule has 36 heavy (non-hydrogen) atoms. The predicted octanol–water partition coefficient (Wildman–Crippen LogP) is 5.23. The van der Waals surface area contributed by atoms with Gasteiger partial charge >= 0.3 is 0 Å². The van der Waals surface area contributed by atoms with Crippen LogP contribution in [0.2, 0.25) is 0 Å². The summed E-state index contributed by atoms with van der Waals surface area (Å²) in [5.41, 5.74) is 4.06. The van der Waals surface area contributed by atoms with E-state index in [9.17, 15) is 4.79 Å². The second-order valence-electron chi connectivity index (χ2n) is 9.45. The number of imidazole rings is 1. The first-order valence-electron chi connectivity index (χ1n) is 12.3. The number of fused-ring (bicyclic) bond motifs is 2. The predicted molar refractivity (Wildman–Crippen MR) is 143 cm³/mol. The van der Waals surface area contributed by atoms with Gasteiger partial charge in [0.2, 0.25) is 5.91 Å². The zero-order valence-corrected chi connectivity index (χ0v) is 21.2. The number of nitrogens with zero attached hydrogens (tertiary/aromatic N) is 5. The average Bonchev–Trinajstić information content (AvgIpc) is 3.31. The van der Waals surface area contributed by atoms with Crippen molar-refractivity contribution in [2.75, 3.05) is 18.4 Å². The lowest BCUT2D eigenvalue weighted by Crippen LogP contribution is -2.29. The third kappa shape index (κ3) is 4.29. The summed E-state index contributed by atoms with van der Waals surface area (Å²) in [7, 11) is 0. The number of pyridine rings is 1. The number of piperidine rings is 1. The molecule has 4 aromatic heterocycles. The summed E-state index contributed by atoms with van der Waals surface area (Å²) in [6.45, 7) is 2.09. The van der Waals surface area contributed by atoms with Gasteiger partial charge < -0.3 is 10.6 Å². The lowest BCUT2D eigenvalue weighted by atomic mass is 10.1. The van der Waals surface area contributed by atoms with Crippen molar-refractivity contribution in [3.63, 3.8) is 0 Å². The van der Waals surface area contributed by atoms with Crippen molar-refractivity contribution in [2.24, 2.45) is 5.92 Å². The van der Waals surface area contributed by atoms with Gasteiger partial charge in [-0.2, -0.15) is 5.10 Å². The second-order valence-corrected chi connectivity index (χ2v) is 11.6. The molecule has 1 aromatic carbocycles. The van der Waals surface area contributed by atoms with Gasteiger partial charge in [-0.25, -0.2) is 9.97 Å². The van der Waals surface area contributed by atoms with Gasteiger partial charge in [0.15, 0.2) is 5.13 Å². The molecule has 2 aliphatic rings. The van der Waals surface area contributed by atoms with E-state index in [1.807, 2.05) is 18.5 Å². The van der Waals surface area contributed by atoms with Gasteiger partial charge in [0.25, 0.3) is 0 Å². The number of rotatable bonds is 6. The standard InChI is InChI=1S/C26H25N7OS2/c34-25(16-1-2-16)31-26-30-21-5-4-20(11-22(21)36-26)35-24-13-28-23-6-3-17(14-32(23)24)18-12-29-33(15-18)19-7-9-27-10-8-19/h3-6,11-16,19,27H,1-2,7-10H2,(H,30,31,34). The molecule has 1 aliphatic heterocycles. The van der Waals surface area contributed by atoms with Crippen molar-refractivity contribution in [1.29, 1.82) is 0 Å². The molecule has 5 heterocycles. The van der Waals surface area contributed by atoms with Crippen LogP contribution in [0.3, 0.4) is 0 Å². The highest BCUT2D eigenvalue weighted by molar-refractivity contribution is 7.99. The maximum atomic E-state index is 12.1. The monoisotopic (exact) mass is 515 g/mol. The Hall–Kier alpha value is -3.21. The van der Waals surface area contributed by atoms with Gasteiger partial charge in [0, 0.05) is 34.3 Å². The molecule has 1 amide bonds. The Balaban J connectivity index is 1.13. The maximum absolute atomic E-state index is 12.1. The largest absolute Gasteiger partial charge is 0.317 e. The summed E-state index contributed by atoms with van der Waals surface area (Å²) >= 11 is 3.20. The summed E-state index contributed by atoms with van der Waals surface area (Å²) in [6.07, 6.45) is 12.4. The number of hydrogen-bond donors (Lipinski definition) is 2. The Labute approximate surface area is 216 Å². The molecule has 1 saturated carbocycles. The quantitative estimate of drug-likeness (QED) is 0.322. The van der Waals surface area contributed by atoms with Gasteiger partial charge in [0.1, 0.15) is 10.7 Å². The number of hydrogen-bond acceptors (Lipinski definition) is 7. The van der Waals surface area contributed by atoms with E-state index in [0.29, 0.717) is 11.2 Å². The number of carbonyl (C=O) groups is 1. The molecular weight excluding hydrogens is 490 g/mol. The number of anilines is 1. The fourth-order valence-corrected chi connectivity index (χ4v) is 6.55. The fourth-order valence-electron chi connectivity index (χ4n) is 4.66. The van der Waals surface area contributed by atoms with Crippen LogP contribution >= 0.6 is 23.1 Å². The third-order valence-electron chi connectivity index (χ3n) is 6.85. The minimum Gasteiger partial charge on any atom is -0.317 e. The fraction of sp³-hybridized carbons (Fsp3) is 0.308. The lowest BCUT2D eigenvalue weighted by Gasteiger charge is -2.22. The van der Waals surface area contributed by atoms with Crippen LogP contribution in [0.5, 0.6) is 0 Å². The zero-order chi connectivity index (χ0) is 24.1. The van der Waals surface area contributed by atoms with E-state index in [1.165, 1.54) is 11.3 Å². The minimum absolute atomic E-state index is 0.0893. The molecule has 1 saturated heterocycles. The molecule has 2 N–H and O–H groups in total. The van der Waals surface area contributed by atoms with Crippen molar-refractivity contribution in [3.05, 3.63) is 55.1 Å². The number of benzene rings is 1. The van der Waals surface area contributed by atoms with Gasteiger partial charge in [-0.3, -0.25) is 13.9 Å². The summed E-state index contributed by atoms with van der Waals surface area (Å²) in [5.74, 6) is 0.258. The van der Waals surface area contributed by atoms with E-state index in [0.717, 1.165) is 75.7 Å². The third-order valence-corrected chi connectivity index (χ3v) is 8.78. The van der Waals surface area contributed by atoms with Crippen molar-refractivity contribution in [2.45, 2.75) is 41.6 Å². The smallest absolute Gasteiger partial charge is 0.229 e. The first-order valence-corrected chi connectivity index (χ1v) is 13.9. The van der Waals surface area contributed by atoms with Crippen LogP contribution in [-0.4, -0.2) is 43.1 Å².